The van der Waals surface area contributed by atoms with Gasteiger partial charge in [-0.2, -0.15) is 0 Å². The number of fused-ring (bicyclic) bond motifs is 1. The van der Waals surface area contributed by atoms with Gasteiger partial charge in [-0.15, -0.1) is 6.42 Å². The summed E-state index contributed by atoms with van der Waals surface area (Å²) in [5.41, 5.74) is 5.28. The minimum atomic E-state index is -0.355. The standard InChI is InChI=1S/C25H30N4O4/c1-4-18-10-9-11-19(14-18)27-25-20-15-23(22(32-3)16-21(20)29(2)17-26-25)33-13-8-6-5-7-12-24(30)28-31/h1,9-11,14-17,25,27,31H,5-8,12-13H2,2-3H3,(H,28,30). The molecule has 1 heterocycles. The molecule has 0 saturated carbocycles. The number of aliphatic imine (C=N–C) groups is 1. The van der Waals surface area contributed by atoms with Crippen molar-refractivity contribution in [2.75, 3.05) is 31.0 Å². The SMILES string of the molecule is C#Cc1cccc(NC2N=CN(C)c3cc(OC)c(OCCCCCCC(=O)NO)cc32)c1. The molecule has 0 radical (unpaired) electrons. The van der Waals surface area contributed by atoms with Crippen molar-refractivity contribution in [1.29, 1.82) is 0 Å². The summed E-state index contributed by atoms with van der Waals surface area (Å²) in [5.74, 6) is 3.61. The van der Waals surface area contributed by atoms with Gasteiger partial charge in [0.1, 0.15) is 6.17 Å². The highest BCUT2D eigenvalue weighted by Crippen LogP contribution is 2.40. The zero-order chi connectivity index (χ0) is 23.6. The number of hydrogen-bond acceptors (Lipinski definition) is 7. The number of unbranched alkanes of at least 4 members (excludes halogenated alkanes) is 3. The Hall–Kier alpha value is -3.70. The first-order valence-electron chi connectivity index (χ1n) is 10.9. The van der Waals surface area contributed by atoms with E-state index in [0.29, 0.717) is 24.5 Å². The monoisotopic (exact) mass is 450 g/mol. The normalized spacial score (nSPS) is 14.2. The largest absolute Gasteiger partial charge is 0.493 e. The van der Waals surface area contributed by atoms with Crippen molar-refractivity contribution >= 4 is 23.6 Å². The first kappa shape index (κ1) is 24.0. The zero-order valence-corrected chi connectivity index (χ0v) is 19.0. The molecule has 3 rings (SSSR count). The highest BCUT2D eigenvalue weighted by atomic mass is 16.5. The van der Waals surface area contributed by atoms with Crippen LogP contribution in [-0.2, 0) is 4.79 Å². The van der Waals surface area contributed by atoms with E-state index in [9.17, 15) is 4.79 Å². The second kappa shape index (κ2) is 11.8. The fraction of sp³-hybridized carbons (Fsp3) is 0.360. The molecule has 1 aliphatic heterocycles. The van der Waals surface area contributed by atoms with Crippen LogP contribution in [0.5, 0.6) is 11.5 Å². The smallest absolute Gasteiger partial charge is 0.243 e. The summed E-state index contributed by atoms with van der Waals surface area (Å²) in [6.45, 7) is 0.531. The van der Waals surface area contributed by atoms with Crippen LogP contribution in [0.25, 0.3) is 0 Å². The molecule has 0 bridgehead atoms. The molecule has 1 unspecified atom stereocenters. The molecule has 8 nitrogen and oxygen atoms in total. The zero-order valence-electron chi connectivity index (χ0n) is 19.0. The Balaban J connectivity index is 1.67. The van der Waals surface area contributed by atoms with Gasteiger partial charge in [0.05, 0.1) is 25.7 Å². The number of hydroxylamine groups is 1. The number of nitrogens with zero attached hydrogens (tertiary/aromatic N) is 2. The molecular formula is C25H30N4O4. The van der Waals surface area contributed by atoms with Gasteiger partial charge < -0.3 is 19.7 Å². The predicted molar refractivity (Wildman–Crippen MR) is 129 cm³/mol. The number of ether oxygens (including phenoxy) is 2. The summed E-state index contributed by atoms with van der Waals surface area (Å²) >= 11 is 0. The second-order valence-electron chi connectivity index (χ2n) is 7.76. The van der Waals surface area contributed by atoms with Crippen LogP contribution < -0.4 is 25.2 Å². The van der Waals surface area contributed by atoms with Gasteiger partial charge in [-0.3, -0.25) is 10.0 Å². The third kappa shape index (κ3) is 6.40. The van der Waals surface area contributed by atoms with Gasteiger partial charge in [0.25, 0.3) is 0 Å². The van der Waals surface area contributed by atoms with Crippen molar-refractivity contribution in [3.8, 4) is 23.8 Å². The van der Waals surface area contributed by atoms with Crippen LogP contribution in [0.2, 0.25) is 0 Å². The number of nitrogens with one attached hydrogen (secondary N) is 2. The average molecular weight is 451 g/mol. The molecule has 0 fully saturated rings. The lowest BCUT2D eigenvalue weighted by molar-refractivity contribution is -0.129. The highest BCUT2D eigenvalue weighted by molar-refractivity contribution is 5.84. The Morgan fingerprint density at radius 2 is 2.03 bits per heavy atom. The number of amides is 1. The first-order valence-corrected chi connectivity index (χ1v) is 10.9. The molecular weight excluding hydrogens is 420 g/mol. The van der Waals surface area contributed by atoms with Crippen LogP contribution in [0.15, 0.2) is 41.4 Å². The van der Waals surface area contributed by atoms with E-state index in [1.54, 1.807) is 18.9 Å². The van der Waals surface area contributed by atoms with E-state index in [-0.39, 0.29) is 12.1 Å². The minimum absolute atomic E-state index is 0.296. The lowest BCUT2D eigenvalue weighted by Gasteiger charge is -2.29. The molecule has 2 aromatic rings. The first-order chi connectivity index (χ1) is 16.0. The van der Waals surface area contributed by atoms with Crippen molar-refractivity contribution in [3.63, 3.8) is 0 Å². The number of terminal acetylenes is 1. The fourth-order valence-electron chi connectivity index (χ4n) is 3.62. The van der Waals surface area contributed by atoms with Gasteiger partial charge in [0.15, 0.2) is 11.5 Å². The highest BCUT2D eigenvalue weighted by Gasteiger charge is 2.24. The quantitative estimate of drug-likeness (QED) is 0.206. The molecule has 2 aromatic carbocycles. The number of benzene rings is 2. The molecule has 1 aliphatic rings. The van der Waals surface area contributed by atoms with Gasteiger partial charge in [-0.1, -0.05) is 24.8 Å². The number of methoxy groups -OCH3 is 1. The van der Waals surface area contributed by atoms with E-state index in [4.69, 9.17) is 21.1 Å². The molecule has 0 saturated heterocycles. The van der Waals surface area contributed by atoms with Crippen LogP contribution >= 0.6 is 0 Å². The van der Waals surface area contributed by atoms with Gasteiger partial charge in [-0.05, 0) is 37.1 Å². The molecule has 1 atom stereocenters. The number of hydrogen-bond donors (Lipinski definition) is 3. The Bertz CT molecular complexity index is 1030. The van der Waals surface area contributed by atoms with E-state index >= 15 is 0 Å². The molecule has 8 heteroatoms. The van der Waals surface area contributed by atoms with Crippen molar-refractivity contribution in [2.45, 2.75) is 38.3 Å². The van der Waals surface area contributed by atoms with Gasteiger partial charge >= 0.3 is 0 Å². The Morgan fingerprint density at radius 1 is 1.21 bits per heavy atom. The average Bonchev–Trinajstić information content (AvgIpc) is 2.84. The van der Waals surface area contributed by atoms with Gasteiger partial charge in [-0.25, -0.2) is 10.5 Å². The lowest BCUT2D eigenvalue weighted by Crippen LogP contribution is -2.25. The number of carbonyl (C=O) groups excluding carboxylic acids is 1. The molecule has 174 valence electrons. The van der Waals surface area contributed by atoms with Crippen molar-refractivity contribution in [1.82, 2.24) is 5.48 Å². The van der Waals surface area contributed by atoms with Crippen LogP contribution in [-0.4, -0.2) is 38.2 Å². The second-order valence-corrected chi connectivity index (χ2v) is 7.76. The Morgan fingerprint density at radius 3 is 2.79 bits per heavy atom. The molecule has 0 aromatic heterocycles. The molecule has 3 N–H and O–H groups in total. The van der Waals surface area contributed by atoms with E-state index in [1.807, 2.05) is 48.3 Å². The molecule has 1 amide bonds. The van der Waals surface area contributed by atoms with Crippen molar-refractivity contribution in [3.05, 3.63) is 47.5 Å². The molecule has 0 aliphatic carbocycles. The number of rotatable bonds is 11. The third-order valence-corrected chi connectivity index (χ3v) is 5.39. The summed E-state index contributed by atoms with van der Waals surface area (Å²) < 4.78 is 11.6. The Kier molecular flexibility index (Phi) is 8.56. The maximum Gasteiger partial charge on any atom is 0.243 e. The van der Waals surface area contributed by atoms with E-state index in [1.165, 1.54) is 0 Å². The van der Waals surface area contributed by atoms with Crippen LogP contribution in [0.3, 0.4) is 0 Å². The van der Waals surface area contributed by atoms with Crippen molar-refractivity contribution in [2.24, 2.45) is 4.99 Å². The fourth-order valence-corrected chi connectivity index (χ4v) is 3.62. The maximum absolute atomic E-state index is 11.0. The summed E-state index contributed by atoms with van der Waals surface area (Å²) in [6.07, 6.45) is 10.7. The summed E-state index contributed by atoms with van der Waals surface area (Å²) in [6, 6.07) is 11.6. The van der Waals surface area contributed by atoms with Crippen molar-refractivity contribution < 1.29 is 19.5 Å². The maximum atomic E-state index is 11.0. The van der Waals surface area contributed by atoms with E-state index in [2.05, 4.69) is 16.2 Å². The number of anilines is 2. The summed E-state index contributed by atoms with van der Waals surface area (Å²) in [7, 11) is 3.56. The summed E-state index contributed by atoms with van der Waals surface area (Å²) in [4.78, 5) is 17.6. The van der Waals surface area contributed by atoms with Crippen LogP contribution in [0.1, 0.15) is 49.4 Å². The topological polar surface area (TPSA) is 95.4 Å². The van der Waals surface area contributed by atoms with Gasteiger partial charge in [0.2, 0.25) is 5.91 Å². The summed E-state index contributed by atoms with van der Waals surface area (Å²) in [5, 5.41) is 12.0. The van der Waals surface area contributed by atoms with Crippen LogP contribution in [0.4, 0.5) is 11.4 Å². The van der Waals surface area contributed by atoms with Gasteiger partial charge in [0, 0.05) is 36.3 Å². The predicted octanol–water partition coefficient (Wildman–Crippen LogP) is 4.10. The molecule has 33 heavy (non-hydrogen) atoms. The molecule has 0 spiro atoms. The lowest BCUT2D eigenvalue weighted by atomic mass is 10.1. The van der Waals surface area contributed by atoms with E-state index in [0.717, 1.165) is 48.2 Å². The van der Waals surface area contributed by atoms with E-state index < -0.39 is 0 Å². The van der Waals surface area contributed by atoms with Crippen LogP contribution in [0, 0.1) is 12.3 Å². The minimum Gasteiger partial charge on any atom is -0.493 e. The number of carbonyl (C=O) groups is 1. The Labute approximate surface area is 194 Å². The third-order valence-electron chi connectivity index (χ3n) is 5.39.